The van der Waals surface area contributed by atoms with E-state index in [0.717, 1.165) is 16.8 Å². The van der Waals surface area contributed by atoms with Crippen molar-refractivity contribution in [2.24, 2.45) is 5.10 Å². The van der Waals surface area contributed by atoms with E-state index in [2.05, 4.69) is 0 Å². The number of benzene rings is 3. The van der Waals surface area contributed by atoms with Crippen LogP contribution in [0.15, 0.2) is 84.0 Å². The van der Waals surface area contributed by atoms with E-state index in [4.69, 9.17) is 21.4 Å². The number of nitrogens with zero attached hydrogens (tertiary/aromatic N) is 2. The molecule has 138 valence electrons. The summed E-state index contributed by atoms with van der Waals surface area (Å²) in [5.41, 5.74) is 3.55. The number of halogens is 1. The first kappa shape index (κ1) is 17.0. The van der Waals surface area contributed by atoms with Gasteiger partial charge in [0, 0.05) is 22.6 Å². The molecule has 0 bridgehead atoms. The largest absolute Gasteiger partial charge is 0.461 e. The third-order valence-corrected chi connectivity index (χ3v) is 5.38. The molecule has 2 aliphatic heterocycles. The number of carbonyl (C=O) groups excluding carboxylic acids is 1. The van der Waals surface area contributed by atoms with E-state index in [1.807, 2.05) is 60.7 Å². The minimum absolute atomic E-state index is 0.0877. The predicted octanol–water partition coefficient (Wildman–Crippen LogP) is 5.09. The van der Waals surface area contributed by atoms with Gasteiger partial charge in [-0.2, -0.15) is 5.10 Å². The normalized spacial score (nSPS) is 20.0. The van der Waals surface area contributed by atoms with Gasteiger partial charge in [-0.1, -0.05) is 72.3 Å². The first-order valence-corrected chi connectivity index (χ1v) is 9.55. The first-order valence-electron chi connectivity index (χ1n) is 9.17. The Hall–Kier alpha value is -3.11. The fraction of sp³-hybridized carbons (Fsp3) is 0.130. The van der Waals surface area contributed by atoms with Gasteiger partial charge in [0.2, 0.25) is 5.78 Å². The monoisotopic (exact) mass is 388 g/mol. The lowest BCUT2D eigenvalue weighted by atomic mass is 9.96. The molecule has 0 fully saturated rings. The molecule has 2 heterocycles. The van der Waals surface area contributed by atoms with E-state index < -0.39 is 6.23 Å². The smallest absolute Gasteiger partial charge is 0.251 e. The summed E-state index contributed by atoms with van der Waals surface area (Å²) < 4.78 is 6.11. The van der Waals surface area contributed by atoms with Gasteiger partial charge in [-0.05, 0) is 23.8 Å². The lowest BCUT2D eigenvalue weighted by Crippen LogP contribution is -2.45. The molecule has 5 heteroatoms. The maximum Gasteiger partial charge on any atom is 0.251 e. The van der Waals surface area contributed by atoms with Crippen molar-refractivity contribution >= 4 is 23.1 Å². The summed E-state index contributed by atoms with van der Waals surface area (Å²) in [6, 6.07) is 24.7. The summed E-state index contributed by atoms with van der Waals surface area (Å²) >= 11 is 6.24. The quantitative estimate of drug-likeness (QED) is 0.587. The summed E-state index contributed by atoms with van der Waals surface area (Å²) in [7, 11) is 0. The Bertz CT molecular complexity index is 1070. The highest BCUT2D eigenvalue weighted by atomic mass is 35.5. The minimum atomic E-state index is -0.803. The summed E-state index contributed by atoms with van der Waals surface area (Å²) in [6.45, 7) is 0. The first-order chi connectivity index (χ1) is 13.7. The van der Waals surface area contributed by atoms with Crippen molar-refractivity contribution in [3.05, 3.63) is 101 Å². The summed E-state index contributed by atoms with van der Waals surface area (Å²) in [5, 5.41) is 7.23. The van der Waals surface area contributed by atoms with E-state index in [0.29, 0.717) is 22.8 Å². The van der Waals surface area contributed by atoms with Crippen molar-refractivity contribution in [1.82, 2.24) is 5.01 Å². The SMILES string of the molecule is O=C(c1ccccc1)[C@@H]1Oc2ccc(Cl)cc2[C@H]2CC(c3ccccc3)=NN21. The zero-order chi connectivity index (χ0) is 19.1. The van der Waals surface area contributed by atoms with Gasteiger partial charge < -0.3 is 4.74 Å². The average Bonchev–Trinajstić information content (AvgIpc) is 3.20. The lowest BCUT2D eigenvalue weighted by molar-refractivity contribution is -0.00455. The van der Waals surface area contributed by atoms with Crippen LogP contribution in [-0.4, -0.2) is 22.7 Å². The van der Waals surface area contributed by atoms with Crippen molar-refractivity contribution < 1.29 is 9.53 Å². The molecular formula is C23H17ClN2O2. The van der Waals surface area contributed by atoms with Crippen LogP contribution >= 0.6 is 11.6 Å². The number of hydrazone groups is 1. The number of ether oxygens (including phenoxy) is 1. The highest BCUT2D eigenvalue weighted by Crippen LogP contribution is 2.44. The molecule has 0 saturated heterocycles. The zero-order valence-corrected chi connectivity index (χ0v) is 15.7. The van der Waals surface area contributed by atoms with Crippen LogP contribution in [0.3, 0.4) is 0 Å². The van der Waals surface area contributed by atoms with Gasteiger partial charge in [0.25, 0.3) is 6.23 Å². The minimum Gasteiger partial charge on any atom is -0.461 e. The van der Waals surface area contributed by atoms with Crippen LogP contribution in [0.4, 0.5) is 0 Å². The van der Waals surface area contributed by atoms with Gasteiger partial charge in [-0.25, -0.2) is 5.01 Å². The number of Topliss-reactive ketones (excluding diaryl/α,β-unsaturated/α-hetero) is 1. The lowest BCUT2D eigenvalue weighted by Gasteiger charge is -2.37. The van der Waals surface area contributed by atoms with Crippen molar-refractivity contribution in [3.8, 4) is 5.75 Å². The molecule has 0 unspecified atom stereocenters. The molecule has 3 aromatic carbocycles. The van der Waals surface area contributed by atoms with Gasteiger partial charge in [0.05, 0.1) is 11.8 Å². The second kappa shape index (κ2) is 6.80. The highest BCUT2D eigenvalue weighted by molar-refractivity contribution is 6.30. The van der Waals surface area contributed by atoms with Gasteiger partial charge >= 0.3 is 0 Å². The third kappa shape index (κ3) is 2.86. The molecule has 28 heavy (non-hydrogen) atoms. The standard InChI is InChI=1S/C23H17ClN2O2/c24-17-11-12-21-18(13-17)20-14-19(15-7-3-1-4-8-15)25-26(20)23(28-21)22(27)16-9-5-2-6-10-16/h1-13,20,23H,14H2/t20-,23+/m1/s1. The molecular weight excluding hydrogens is 372 g/mol. The number of rotatable bonds is 3. The Morgan fingerprint density at radius 2 is 1.71 bits per heavy atom. The topological polar surface area (TPSA) is 41.9 Å². The number of fused-ring (bicyclic) bond motifs is 3. The van der Waals surface area contributed by atoms with Crippen LogP contribution in [0.25, 0.3) is 0 Å². The fourth-order valence-corrected chi connectivity index (χ4v) is 3.96. The van der Waals surface area contributed by atoms with Crippen LogP contribution in [0.5, 0.6) is 5.75 Å². The molecule has 0 amide bonds. The molecule has 2 atom stereocenters. The van der Waals surface area contributed by atoms with Gasteiger partial charge in [-0.15, -0.1) is 0 Å². The van der Waals surface area contributed by atoms with Gasteiger partial charge in [0.1, 0.15) is 5.75 Å². The van der Waals surface area contributed by atoms with Crippen molar-refractivity contribution in [3.63, 3.8) is 0 Å². The van der Waals surface area contributed by atoms with Crippen LogP contribution < -0.4 is 4.74 Å². The summed E-state index contributed by atoms with van der Waals surface area (Å²) in [4.78, 5) is 13.2. The van der Waals surface area contributed by atoms with E-state index >= 15 is 0 Å². The Labute approximate surface area is 168 Å². The second-order valence-electron chi connectivity index (χ2n) is 6.90. The maximum atomic E-state index is 13.2. The number of hydrogen-bond donors (Lipinski definition) is 0. The molecule has 0 N–H and O–H groups in total. The van der Waals surface area contributed by atoms with Gasteiger partial charge in [-0.3, -0.25) is 4.79 Å². The van der Waals surface area contributed by atoms with E-state index in [9.17, 15) is 4.79 Å². The fourth-order valence-electron chi connectivity index (χ4n) is 3.78. The molecule has 0 radical (unpaired) electrons. The van der Waals surface area contributed by atoms with Crippen molar-refractivity contribution in [2.75, 3.05) is 0 Å². The second-order valence-corrected chi connectivity index (χ2v) is 7.33. The van der Waals surface area contributed by atoms with Crippen molar-refractivity contribution in [1.29, 1.82) is 0 Å². The molecule has 2 aliphatic rings. The molecule has 4 nitrogen and oxygen atoms in total. The predicted molar refractivity (Wildman–Crippen MR) is 109 cm³/mol. The highest BCUT2D eigenvalue weighted by Gasteiger charge is 2.43. The summed E-state index contributed by atoms with van der Waals surface area (Å²) in [5.74, 6) is 0.578. The Morgan fingerprint density at radius 1 is 1.00 bits per heavy atom. The van der Waals surface area contributed by atoms with E-state index in [1.165, 1.54) is 0 Å². The number of hydrogen-bond acceptors (Lipinski definition) is 4. The molecule has 0 aromatic heterocycles. The maximum absolute atomic E-state index is 13.2. The Morgan fingerprint density at radius 3 is 2.46 bits per heavy atom. The molecule has 0 saturated carbocycles. The Balaban J connectivity index is 1.59. The molecule has 5 rings (SSSR count). The number of ketones is 1. The zero-order valence-electron chi connectivity index (χ0n) is 15.0. The average molecular weight is 389 g/mol. The third-order valence-electron chi connectivity index (χ3n) is 5.14. The van der Waals surface area contributed by atoms with E-state index in [1.54, 1.807) is 23.2 Å². The Kier molecular flexibility index (Phi) is 4.14. The van der Waals surface area contributed by atoms with Crippen LogP contribution in [0.2, 0.25) is 5.02 Å². The van der Waals surface area contributed by atoms with E-state index in [-0.39, 0.29) is 11.8 Å². The number of carbonyl (C=O) groups is 1. The molecule has 0 spiro atoms. The van der Waals surface area contributed by atoms with Crippen LogP contribution in [0.1, 0.15) is 33.9 Å². The van der Waals surface area contributed by atoms with Crippen LogP contribution in [-0.2, 0) is 0 Å². The van der Waals surface area contributed by atoms with Crippen LogP contribution in [0, 0.1) is 0 Å². The summed E-state index contributed by atoms with van der Waals surface area (Å²) in [6.07, 6.45) is -0.110. The van der Waals surface area contributed by atoms with Crippen molar-refractivity contribution in [2.45, 2.75) is 18.7 Å². The molecule has 0 aliphatic carbocycles. The molecule has 3 aromatic rings. The van der Waals surface area contributed by atoms with Gasteiger partial charge in [0.15, 0.2) is 0 Å².